The van der Waals surface area contributed by atoms with E-state index in [1.165, 1.54) is 19.4 Å². The summed E-state index contributed by atoms with van der Waals surface area (Å²) in [5.41, 5.74) is 6.40. The van der Waals surface area contributed by atoms with Gasteiger partial charge in [-0.25, -0.2) is 28.6 Å². The highest BCUT2D eigenvalue weighted by Gasteiger charge is 2.50. The predicted molar refractivity (Wildman–Crippen MR) is 210 cm³/mol. The molecule has 7 atom stereocenters. The van der Waals surface area contributed by atoms with Gasteiger partial charge >= 0.3 is 23.5 Å². The number of amides is 2. The minimum atomic E-state index is -5.57. The van der Waals surface area contributed by atoms with Gasteiger partial charge in [-0.2, -0.15) is 4.31 Å². The van der Waals surface area contributed by atoms with Crippen molar-refractivity contribution in [1.29, 1.82) is 0 Å². The van der Waals surface area contributed by atoms with Gasteiger partial charge < -0.3 is 50.9 Å². The third-order valence-corrected chi connectivity index (χ3v) is 12.1. The number of carbonyl (C=O) groups is 3. The molecule has 3 heterocycles. The Hall–Kier alpha value is -2.96. The molecule has 2 aromatic heterocycles. The fraction of sp³-hybridized carbons (Fsp3) is 0.613. The predicted octanol–water partition coefficient (Wildman–Crippen LogP) is 1.36. The molecule has 0 spiro atoms. The van der Waals surface area contributed by atoms with Crippen LogP contribution in [-0.2, 0) is 50.7 Å². The van der Waals surface area contributed by atoms with Gasteiger partial charge in [-0.15, -0.1) is 0 Å². The minimum Gasteiger partial charge on any atom is -0.386 e. The highest BCUT2D eigenvalue weighted by atomic mass is 32.2. The maximum absolute atomic E-state index is 12.7. The van der Waals surface area contributed by atoms with E-state index in [1.807, 2.05) is 20.8 Å². The van der Waals surface area contributed by atoms with Crippen molar-refractivity contribution in [3.8, 4) is 0 Å². The molecule has 0 aliphatic carbocycles. The Labute approximate surface area is 342 Å². The monoisotopic (exact) mass is 917 g/mol. The lowest BCUT2D eigenvalue weighted by atomic mass is 9.87. The number of thioether (sulfide) groups is 1. The van der Waals surface area contributed by atoms with Crippen molar-refractivity contribution in [2.24, 2.45) is 5.41 Å². The van der Waals surface area contributed by atoms with Gasteiger partial charge in [0, 0.05) is 30.7 Å². The number of aromatic nitrogens is 4. The number of phosphoric acid groups is 3. The van der Waals surface area contributed by atoms with Crippen LogP contribution in [-0.4, -0.2) is 123 Å². The van der Waals surface area contributed by atoms with E-state index in [0.717, 1.165) is 47.4 Å². The Kier molecular flexibility index (Phi) is 18.5. The van der Waals surface area contributed by atoms with Crippen molar-refractivity contribution in [3.63, 3.8) is 0 Å². The van der Waals surface area contributed by atoms with Gasteiger partial charge in [-0.1, -0.05) is 42.8 Å². The summed E-state index contributed by atoms with van der Waals surface area (Å²) in [5.74, 6) is -1.14. The lowest BCUT2D eigenvalue weighted by Gasteiger charge is -2.30. The zero-order chi connectivity index (χ0) is 44.3. The van der Waals surface area contributed by atoms with E-state index >= 15 is 0 Å². The first kappa shape index (κ1) is 50.4. The van der Waals surface area contributed by atoms with Crippen LogP contribution in [0.3, 0.4) is 0 Å². The number of allylic oxidation sites excluding steroid dienone is 3. The molecule has 24 nitrogen and oxygen atoms in total. The summed E-state index contributed by atoms with van der Waals surface area (Å²) in [6.45, 7) is 6.34. The van der Waals surface area contributed by atoms with Gasteiger partial charge in [0.05, 0.1) is 19.5 Å². The van der Waals surface area contributed by atoms with Gasteiger partial charge in [-0.3, -0.25) is 32.5 Å². The summed E-state index contributed by atoms with van der Waals surface area (Å²) in [5, 5.41) is 26.3. The quantitative estimate of drug-likeness (QED) is 0.0329. The summed E-state index contributed by atoms with van der Waals surface area (Å²) in [4.78, 5) is 87.9. The third kappa shape index (κ3) is 16.4. The Morgan fingerprint density at radius 1 is 1.03 bits per heavy atom. The number of hydrogen-bond acceptors (Lipinski definition) is 18. The second-order valence-corrected chi connectivity index (χ2v) is 19.4. The standard InChI is InChI=1S/C31H50N7O17P3S/c1-18(2)7-6-8-19(3)13-22(40)59-12-11-33-21(39)9-10-34-29(43)26(42)31(4,5)15-52-58(49,50)55-57(47,48)51-14-20-25(54-56(44,45)46)24(41)30(53-20)38-17-37-23-27(32)35-16-36-28(23)38/h7,13,16-17,20,24-26,30,41-42H,6,8-12,14-15H2,1-5H3,(H,33,39)(H,34,43)(H,47,48)(H,49,50)(H2,32,35,36)(H2,44,45,46)/b19-13+/t20-,24-,25-,26?,30-/m1/s1. The summed E-state index contributed by atoms with van der Waals surface area (Å²) in [7, 11) is -16.4. The molecule has 332 valence electrons. The van der Waals surface area contributed by atoms with Crippen molar-refractivity contribution in [3.05, 3.63) is 36.0 Å². The molecular formula is C31H50N7O17P3S. The van der Waals surface area contributed by atoms with Crippen molar-refractivity contribution >= 4 is 69.1 Å². The Bertz CT molecular complexity index is 2010. The van der Waals surface area contributed by atoms with Crippen LogP contribution in [0.4, 0.5) is 5.82 Å². The molecule has 1 aliphatic heterocycles. The van der Waals surface area contributed by atoms with Crippen LogP contribution >= 0.6 is 35.2 Å². The van der Waals surface area contributed by atoms with Crippen molar-refractivity contribution in [2.75, 3.05) is 37.8 Å². The molecule has 28 heteroatoms. The van der Waals surface area contributed by atoms with Crippen LogP contribution in [0.5, 0.6) is 0 Å². The SMILES string of the molecule is CC(C)=CCC/C(C)=C/C(=O)SCCNC(=O)CCNC(=O)C(O)C(C)(C)COP(=O)(O)OP(=O)(O)OC[C@H]1O[C@@H](n2cnc3c(N)ncnc32)[C@H](O)[C@@H]1OP(=O)(O)O. The summed E-state index contributed by atoms with van der Waals surface area (Å²) in [6.07, 6.45) is -1.68. The fourth-order valence-electron chi connectivity index (χ4n) is 5.19. The normalized spacial score (nSPS) is 21.4. The number of nitrogen functional groups attached to an aromatic ring is 1. The number of fused-ring (bicyclic) bond motifs is 1. The molecular weight excluding hydrogens is 867 g/mol. The number of anilines is 1. The van der Waals surface area contributed by atoms with E-state index in [1.54, 1.807) is 6.08 Å². The number of carbonyl (C=O) groups excluding carboxylic acids is 3. The van der Waals surface area contributed by atoms with E-state index < -0.39 is 84.6 Å². The summed E-state index contributed by atoms with van der Waals surface area (Å²) in [6, 6.07) is 0. The molecule has 2 aromatic rings. The number of aliphatic hydroxyl groups excluding tert-OH is 2. The van der Waals surface area contributed by atoms with Crippen LogP contribution in [0.2, 0.25) is 0 Å². The van der Waals surface area contributed by atoms with Crippen molar-refractivity contribution < 1.29 is 80.5 Å². The highest BCUT2D eigenvalue weighted by molar-refractivity contribution is 8.14. The molecule has 59 heavy (non-hydrogen) atoms. The molecule has 0 bridgehead atoms. The van der Waals surface area contributed by atoms with Gasteiger partial charge in [0.25, 0.3) is 0 Å². The molecule has 0 aromatic carbocycles. The van der Waals surface area contributed by atoms with E-state index in [9.17, 15) is 57.9 Å². The topological polar surface area (TPSA) is 364 Å². The lowest BCUT2D eigenvalue weighted by Crippen LogP contribution is -2.46. The largest absolute Gasteiger partial charge is 0.481 e. The maximum atomic E-state index is 12.7. The summed E-state index contributed by atoms with van der Waals surface area (Å²) < 4.78 is 62.2. The number of aliphatic hydroxyl groups is 2. The zero-order valence-corrected chi connectivity index (χ0v) is 36.1. The number of phosphoric ester groups is 3. The molecule has 10 N–H and O–H groups in total. The van der Waals surface area contributed by atoms with Crippen LogP contribution in [0.15, 0.2) is 36.0 Å². The van der Waals surface area contributed by atoms with E-state index in [2.05, 4.69) is 40.5 Å². The first-order chi connectivity index (χ1) is 27.3. The van der Waals surface area contributed by atoms with Gasteiger partial charge in [0.1, 0.15) is 36.3 Å². The number of nitrogens with one attached hydrogen (secondary N) is 2. The Morgan fingerprint density at radius 3 is 2.37 bits per heavy atom. The Balaban J connectivity index is 1.45. The van der Waals surface area contributed by atoms with E-state index in [4.69, 9.17) is 19.5 Å². The lowest BCUT2D eigenvalue weighted by molar-refractivity contribution is -0.137. The molecule has 2 amide bonds. The molecule has 1 saturated heterocycles. The minimum absolute atomic E-state index is 0.0299. The number of hydrogen-bond donors (Lipinski definition) is 9. The molecule has 0 saturated carbocycles. The average molecular weight is 918 g/mol. The van der Waals surface area contributed by atoms with E-state index in [-0.39, 0.29) is 41.6 Å². The van der Waals surface area contributed by atoms with Crippen LogP contribution in [0.25, 0.3) is 11.2 Å². The Morgan fingerprint density at radius 2 is 1.71 bits per heavy atom. The van der Waals surface area contributed by atoms with E-state index in [0.29, 0.717) is 5.75 Å². The first-order valence-corrected chi connectivity index (χ1v) is 23.2. The zero-order valence-electron chi connectivity index (χ0n) is 32.6. The van der Waals surface area contributed by atoms with Crippen molar-refractivity contribution in [2.45, 2.75) is 84.5 Å². The number of imidazole rings is 1. The summed E-state index contributed by atoms with van der Waals surface area (Å²) >= 11 is 1.05. The molecule has 1 aliphatic rings. The highest BCUT2D eigenvalue weighted by Crippen LogP contribution is 2.61. The number of nitrogens with zero attached hydrogens (tertiary/aromatic N) is 4. The molecule has 0 radical (unpaired) electrons. The van der Waals surface area contributed by atoms with Crippen LogP contribution in [0.1, 0.15) is 60.1 Å². The van der Waals surface area contributed by atoms with Crippen molar-refractivity contribution in [1.82, 2.24) is 30.2 Å². The average Bonchev–Trinajstić information content (AvgIpc) is 3.67. The first-order valence-electron chi connectivity index (χ1n) is 17.7. The van der Waals surface area contributed by atoms with Gasteiger partial charge in [0.15, 0.2) is 17.7 Å². The molecule has 3 rings (SSSR count). The van der Waals surface area contributed by atoms with Gasteiger partial charge in [0.2, 0.25) is 16.9 Å². The number of rotatable bonds is 23. The smallest absolute Gasteiger partial charge is 0.386 e. The number of ether oxygens (including phenoxy) is 1. The van der Waals surface area contributed by atoms with Crippen LogP contribution in [0, 0.1) is 5.41 Å². The molecule has 3 unspecified atom stereocenters. The maximum Gasteiger partial charge on any atom is 0.481 e. The molecule has 1 fully saturated rings. The second-order valence-electron chi connectivity index (χ2n) is 14.0. The number of nitrogens with two attached hydrogens (primary N) is 1. The fourth-order valence-corrected chi connectivity index (χ4v) is 8.70. The van der Waals surface area contributed by atoms with Gasteiger partial charge in [-0.05, 0) is 39.7 Å². The van der Waals surface area contributed by atoms with Crippen LogP contribution < -0.4 is 16.4 Å². The second kappa shape index (κ2) is 21.7. The third-order valence-electron chi connectivity index (χ3n) is 8.20.